The van der Waals surface area contributed by atoms with Gasteiger partial charge in [-0.1, -0.05) is 23.8 Å². The number of furan rings is 1. The Labute approximate surface area is 168 Å². The molecule has 2 aromatic heterocycles. The molecule has 1 aliphatic heterocycles. The van der Waals surface area contributed by atoms with E-state index in [9.17, 15) is 14.7 Å². The number of hydrogen-bond donors (Lipinski definition) is 1. The third-order valence-electron chi connectivity index (χ3n) is 5.09. The van der Waals surface area contributed by atoms with E-state index in [4.69, 9.17) is 4.42 Å². The van der Waals surface area contributed by atoms with Gasteiger partial charge in [0.25, 0.3) is 11.7 Å². The summed E-state index contributed by atoms with van der Waals surface area (Å²) in [6, 6.07) is 11.8. The van der Waals surface area contributed by atoms with Crippen LogP contribution in [0.1, 0.15) is 34.1 Å². The topological polar surface area (TPSA) is 83.6 Å². The average Bonchev–Trinajstić information content (AvgIpc) is 3.32. The van der Waals surface area contributed by atoms with Crippen LogP contribution in [0.2, 0.25) is 0 Å². The van der Waals surface area contributed by atoms with Crippen LogP contribution in [0, 0.1) is 13.8 Å². The molecule has 1 aromatic carbocycles. The van der Waals surface area contributed by atoms with Gasteiger partial charge in [0, 0.05) is 18.0 Å². The first kappa shape index (κ1) is 18.7. The van der Waals surface area contributed by atoms with Gasteiger partial charge in [0.05, 0.1) is 24.4 Å². The molecule has 1 saturated heterocycles. The van der Waals surface area contributed by atoms with Crippen molar-refractivity contribution in [3.05, 3.63) is 94.7 Å². The minimum Gasteiger partial charge on any atom is -0.507 e. The molecular formula is C23H20N2O4. The van der Waals surface area contributed by atoms with Crippen LogP contribution in [0.25, 0.3) is 5.76 Å². The number of ketones is 1. The fourth-order valence-corrected chi connectivity index (χ4v) is 3.63. The lowest BCUT2D eigenvalue weighted by Gasteiger charge is -2.24. The van der Waals surface area contributed by atoms with Crippen LogP contribution in [0.15, 0.2) is 71.1 Å². The summed E-state index contributed by atoms with van der Waals surface area (Å²) in [5.74, 6) is -1.03. The molecule has 146 valence electrons. The quantitative estimate of drug-likeness (QED) is 0.416. The monoisotopic (exact) mass is 388 g/mol. The minimum atomic E-state index is -0.756. The summed E-state index contributed by atoms with van der Waals surface area (Å²) < 4.78 is 5.38. The molecule has 1 atom stereocenters. The number of likely N-dealkylation sites (tertiary alicyclic amines) is 1. The van der Waals surface area contributed by atoms with Crippen LogP contribution in [-0.2, 0) is 16.1 Å². The standard InChI is InChI=1S/C23H20N2O4/c1-14-7-8-15(2)18(11-14)21(26)19-20(16-5-3-9-24-12-16)25(23(28)22(19)27)13-17-6-4-10-29-17/h3-12,20,26H,13H2,1-2H3. The Morgan fingerprint density at radius 2 is 2.00 bits per heavy atom. The molecule has 0 aliphatic carbocycles. The molecule has 1 unspecified atom stereocenters. The Kier molecular flexibility index (Phi) is 4.76. The number of hydrogen-bond acceptors (Lipinski definition) is 5. The summed E-state index contributed by atoms with van der Waals surface area (Å²) in [6.07, 6.45) is 4.73. The maximum atomic E-state index is 13.0. The first-order chi connectivity index (χ1) is 14.0. The number of amides is 1. The Bertz CT molecular complexity index is 1100. The van der Waals surface area contributed by atoms with E-state index < -0.39 is 17.7 Å². The van der Waals surface area contributed by atoms with Crippen molar-refractivity contribution >= 4 is 17.4 Å². The number of carbonyl (C=O) groups is 2. The highest BCUT2D eigenvalue weighted by Gasteiger charge is 2.46. The molecule has 6 heteroatoms. The van der Waals surface area contributed by atoms with Crippen molar-refractivity contribution in [1.29, 1.82) is 0 Å². The number of rotatable bonds is 4. The highest BCUT2D eigenvalue weighted by Crippen LogP contribution is 2.40. The summed E-state index contributed by atoms with van der Waals surface area (Å²) >= 11 is 0. The number of pyridine rings is 1. The van der Waals surface area contributed by atoms with Gasteiger partial charge in [-0.25, -0.2) is 0 Å². The number of Topliss-reactive ketones (excluding diaryl/α,β-unsaturated/α-hetero) is 1. The number of aryl methyl sites for hydroxylation is 2. The molecule has 0 saturated carbocycles. The number of aromatic nitrogens is 1. The first-order valence-corrected chi connectivity index (χ1v) is 9.25. The smallest absolute Gasteiger partial charge is 0.296 e. The van der Waals surface area contributed by atoms with Gasteiger partial charge in [-0.05, 0) is 49.2 Å². The zero-order chi connectivity index (χ0) is 20.5. The summed E-state index contributed by atoms with van der Waals surface area (Å²) in [7, 11) is 0. The maximum Gasteiger partial charge on any atom is 0.296 e. The third-order valence-corrected chi connectivity index (χ3v) is 5.09. The van der Waals surface area contributed by atoms with Crippen molar-refractivity contribution in [2.24, 2.45) is 0 Å². The molecule has 0 bridgehead atoms. The molecule has 0 radical (unpaired) electrons. The lowest BCUT2D eigenvalue weighted by molar-refractivity contribution is -0.140. The second-order valence-corrected chi connectivity index (χ2v) is 7.11. The minimum absolute atomic E-state index is 0.0586. The van der Waals surface area contributed by atoms with Crippen LogP contribution in [0.5, 0.6) is 0 Å². The van der Waals surface area contributed by atoms with E-state index in [2.05, 4.69) is 4.98 Å². The largest absolute Gasteiger partial charge is 0.507 e. The van der Waals surface area contributed by atoms with E-state index in [0.29, 0.717) is 16.9 Å². The molecule has 3 heterocycles. The lowest BCUT2D eigenvalue weighted by Crippen LogP contribution is -2.29. The predicted octanol–water partition coefficient (Wildman–Crippen LogP) is 3.91. The van der Waals surface area contributed by atoms with E-state index in [1.54, 1.807) is 36.7 Å². The molecule has 1 aliphatic rings. The molecule has 0 spiro atoms. The maximum absolute atomic E-state index is 13.0. The van der Waals surface area contributed by atoms with E-state index in [1.165, 1.54) is 11.2 Å². The zero-order valence-electron chi connectivity index (χ0n) is 16.1. The van der Waals surface area contributed by atoms with E-state index in [-0.39, 0.29) is 17.9 Å². The van der Waals surface area contributed by atoms with Gasteiger partial charge in [0.2, 0.25) is 0 Å². The van der Waals surface area contributed by atoms with Crippen LogP contribution < -0.4 is 0 Å². The summed E-state index contributed by atoms with van der Waals surface area (Å²) in [4.78, 5) is 31.4. The van der Waals surface area contributed by atoms with Crippen LogP contribution in [-0.4, -0.2) is 26.7 Å². The Morgan fingerprint density at radius 3 is 2.69 bits per heavy atom. The molecule has 4 rings (SSSR count). The van der Waals surface area contributed by atoms with Crippen LogP contribution in [0.3, 0.4) is 0 Å². The van der Waals surface area contributed by atoms with Crippen molar-refractivity contribution in [2.75, 3.05) is 0 Å². The number of carbonyl (C=O) groups excluding carboxylic acids is 2. The number of nitrogens with zero attached hydrogens (tertiary/aromatic N) is 2. The van der Waals surface area contributed by atoms with Gasteiger partial charge >= 0.3 is 0 Å². The van der Waals surface area contributed by atoms with Gasteiger partial charge in [-0.15, -0.1) is 0 Å². The molecule has 1 N–H and O–H groups in total. The van der Waals surface area contributed by atoms with E-state index in [0.717, 1.165) is 11.1 Å². The fourth-order valence-electron chi connectivity index (χ4n) is 3.63. The highest BCUT2D eigenvalue weighted by molar-refractivity contribution is 6.46. The van der Waals surface area contributed by atoms with Gasteiger partial charge < -0.3 is 14.4 Å². The first-order valence-electron chi connectivity index (χ1n) is 9.25. The molecule has 1 amide bonds. The van der Waals surface area contributed by atoms with Gasteiger partial charge in [-0.2, -0.15) is 0 Å². The number of benzene rings is 1. The normalized spacial score (nSPS) is 18.4. The van der Waals surface area contributed by atoms with Crippen molar-refractivity contribution < 1.29 is 19.1 Å². The fraction of sp³-hybridized carbons (Fsp3) is 0.174. The second-order valence-electron chi connectivity index (χ2n) is 7.11. The van der Waals surface area contributed by atoms with Crippen LogP contribution >= 0.6 is 0 Å². The second kappa shape index (κ2) is 7.39. The van der Waals surface area contributed by atoms with E-state index >= 15 is 0 Å². The highest BCUT2D eigenvalue weighted by atomic mass is 16.3. The Hall–Kier alpha value is -3.67. The van der Waals surface area contributed by atoms with Gasteiger partial charge in [-0.3, -0.25) is 14.6 Å². The van der Waals surface area contributed by atoms with Gasteiger partial charge in [0.15, 0.2) is 0 Å². The zero-order valence-corrected chi connectivity index (χ0v) is 16.1. The summed E-state index contributed by atoms with van der Waals surface area (Å²) in [5.41, 5.74) is 3.00. The predicted molar refractivity (Wildman–Crippen MR) is 107 cm³/mol. The van der Waals surface area contributed by atoms with Crippen molar-refractivity contribution in [1.82, 2.24) is 9.88 Å². The Morgan fingerprint density at radius 1 is 1.17 bits per heavy atom. The van der Waals surface area contributed by atoms with E-state index in [1.807, 2.05) is 32.0 Å². The molecule has 6 nitrogen and oxygen atoms in total. The summed E-state index contributed by atoms with van der Waals surface area (Å²) in [5, 5.41) is 11.1. The average molecular weight is 388 g/mol. The van der Waals surface area contributed by atoms with Crippen molar-refractivity contribution in [2.45, 2.75) is 26.4 Å². The number of aliphatic hydroxyl groups is 1. The Balaban J connectivity index is 1.90. The van der Waals surface area contributed by atoms with Crippen molar-refractivity contribution in [3.8, 4) is 0 Å². The summed E-state index contributed by atoms with van der Waals surface area (Å²) in [6.45, 7) is 3.87. The molecule has 29 heavy (non-hydrogen) atoms. The molecule has 3 aromatic rings. The lowest BCUT2D eigenvalue weighted by atomic mass is 9.94. The third kappa shape index (κ3) is 3.33. The molecule has 1 fully saturated rings. The number of aliphatic hydroxyl groups excluding tert-OH is 1. The van der Waals surface area contributed by atoms with Crippen LogP contribution in [0.4, 0.5) is 0 Å². The molecular weight excluding hydrogens is 368 g/mol. The van der Waals surface area contributed by atoms with Crippen molar-refractivity contribution in [3.63, 3.8) is 0 Å². The SMILES string of the molecule is Cc1ccc(C)c(C(O)=C2C(=O)C(=O)N(Cc3ccco3)C2c2cccnc2)c1. The van der Waals surface area contributed by atoms with Gasteiger partial charge in [0.1, 0.15) is 11.5 Å².